The minimum atomic E-state index is -1.68. The van der Waals surface area contributed by atoms with Crippen LogP contribution in [0, 0.1) is 5.92 Å². The van der Waals surface area contributed by atoms with Crippen molar-refractivity contribution in [3.63, 3.8) is 0 Å². The monoisotopic (exact) mass is 404 g/mol. The van der Waals surface area contributed by atoms with Crippen LogP contribution in [0.3, 0.4) is 0 Å². The second-order valence-electron chi connectivity index (χ2n) is 6.68. The van der Waals surface area contributed by atoms with E-state index in [0.717, 1.165) is 0 Å². The van der Waals surface area contributed by atoms with Gasteiger partial charge < -0.3 is 37.0 Å². The fourth-order valence-corrected chi connectivity index (χ4v) is 2.25. The zero-order chi connectivity index (χ0) is 22.0. The summed E-state index contributed by atoms with van der Waals surface area (Å²) in [6.07, 6.45) is -2.03. The highest BCUT2D eigenvalue weighted by Gasteiger charge is 2.32. The standard InChI is InChI=1S/C16H28N4O8/c1-7(2)4-9(14(25)19-10(16(27)28)5-12(23)24)18-15(26)13(8(3)21)20-11(22)6-17/h7-10,13,21H,4-6,17H2,1-3H3,(H,18,26)(H,19,25)(H,20,22)(H,23,24)(H,27,28). The van der Waals surface area contributed by atoms with Gasteiger partial charge in [-0.05, 0) is 19.3 Å². The SMILES string of the molecule is CC(C)CC(NC(=O)C(NC(=O)CN)C(C)O)C(=O)NC(CC(=O)O)C(=O)O. The van der Waals surface area contributed by atoms with Crippen LogP contribution in [0.2, 0.25) is 0 Å². The highest BCUT2D eigenvalue weighted by atomic mass is 16.4. The normalized spacial score (nSPS) is 15.1. The molecule has 0 aromatic heterocycles. The summed E-state index contributed by atoms with van der Waals surface area (Å²) < 4.78 is 0. The molecule has 4 unspecified atom stereocenters. The number of rotatable bonds is 12. The number of aliphatic hydroxyl groups is 1. The summed E-state index contributed by atoms with van der Waals surface area (Å²) in [5.74, 6) is -5.52. The number of carboxylic acid groups (broad SMARTS) is 2. The molecular weight excluding hydrogens is 376 g/mol. The van der Waals surface area contributed by atoms with Crippen molar-refractivity contribution >= 4 is 29.7 Å². The number of aliphatic hydroxyl groups excluding tert-OH is 1. The van der Waals surface area contributed by atoms with E-state index in [9.17, 15) is 29.1 Å². The van der Waals surface area contributed by atoms with Crippen LogP contribution in [-0.2, 0) is 24.0 Å². The molecule has 0 saturated carbocycles. The zero-order valence-electron chi connectivity index (χ0n) is 16.0. The second kappa shape index (κ2) is 11.9. The molecule has 160 valence electrons. The van der Waals surface area contributed by atoms with Crippen molar-refractivity contribution in [2.24, 2.45) is 11.7 Å². The van der Waals surface area contributed by atoms with Crippen molar-refractivity contribution in [1.82, 2.24) is 16.0 Å². The molecule has 0 aromatic carbocycles. The van der Waals surface area contributed by atoms with E-state index in [0.29, 0.717) is 0 Å². The lowest BCUT2D eigenvalue weighted by Gasteiger charge is -2.26. The molecule has 0 aliphatic carbocycles. The number of amides is 3. The van der Waals surface area contributed by atoms with Crippen molar-refractivity contribution in [2.75, 3.05) is 6.54 Å². The van der Waals surface area contributed by atoms with Crippen LogP contribution in [0.1, 0.15) is 33.6 Å². The molecule has 0 radical (unpaired) electrons. The highest BCUT2D eigenvalue weighted by molar-refractivity contribution is 5.94. The van der Waals surface area contributed by atoms with Crippen molar-refractivity contribution in [2.45, 2.75) is 57.8 Å². The van der Waals surface area contributed by atoms with Crippen LogP contribution in [0.15, 0.2) is 0 Å². The average molecular weight is 404 g/mol. The van der Waals surface area contributed by atoms with E-state index in [2.05, 4.69) is 16.0 Å². The largest absolute Gasteiger partial charge is 0.481 e. The number of hydrogen-bond donors (Lipinski definition) is 7. The molecule has 0 heterocycles. The van der Waals surface area contributed by atoms with Gasteiger partial charge >= 0.3 is 11.9 Å². The van der Waals surface area contributed by atoms with E-state index >= 15 is 0 Å². The first-order valence-electron chi connectivity index (χ1n) is 8.61. The van der Waals surface area contributed by atoms with Gasteiger partial charge in [0, 0.05) is 0 Å². The fraction of sp³-hybridized carbons (Fsp3) is 0.688. The number of nitrogens with two attached hydrogens (primary N) is 1. The Morgan fingerprint density at radius 3 is 1.82 bits per heavy atom. The molecule has 0 bridgehead atoms. The van der Waals surface area contributed by atoms with E-state index in [4.69, 9.17) is 15.9 Å². The molecule has 0 aliphatic heterocycles. The van der Waals surface area contributed by atoms with Gasteiger partial charge in [0.2, 0.25) is 17.7 Å². The molecule has 0 spiro atoms. The molecule has 28 heavy (non-hydrogen) atoms. The Morgan fingerprint density at radius 2 is 1.43 bits per heavy atom. The summed E-state index contributed by atoms with van der Waals surface area (Å²) in [5, 5.41) is 34.2. The van der Waals surface area contributed by atoms with E-state index < -0.39 is 66.9 Å². The van der Waals surface area contributed by atoms with Crippen molar-refractivity contribution in [3.05, 3.63) is 0 Å². The minimum Gasteiger partial charge on any atom is -0.481 e. The van der Waals surface area contributed by atoms with Crippen LogP contribution in [0.25, 0.3) is 0 Å². The maximum Gasteiger partial charge on any atom is 0.326 e. The number of hydrogen-bond acceptors (Lipinski definition) is 7. The summed E-state index contributed by atoms with van der Waals surface area (Å²) in [6, 6.07) is -4.27. The van der Waals surface area contributed by atoms with E-state index in [1.54, 1.807) is 13.8 Å². The van der Waals surface area contributed by atoms with Crippen molar-refractivity contribution in [1.29, 1.82) is 0 Å². The second-order valence-corrected chi connectivity index (χ2v) is 6.68. The third kappa shape index (κ3) is 9.28. The van der Waals surface area contributed by atoms with Crippen LogP contribution in [-0.4, -0.2) is 75.8 Å². The summed E-state index contributed by atoms with van der Waals surface area (Å²) in [5.41, 5.74) is 5.17. The molecule has 4 atom stereocenters. The Morgan fingerprint density at radius 1 is 0.893 bits per heavy atom. The van der Waals surface area contributed by atoms with Gasteiger partial charge in [0.25, 0.3) is 0 Å². The minimum absolute atomic E-state index is 0.0950. The van der Waals surface area contributed by atoms with Gasteiger partial charge in [-0.2, -0.15) is 0 Å². The van der Waals surface area contributed by atoms with E-state index in [1.165, 1.54) is 6.92 Å². The smallest absolute Gasteiger partial charge is 0.326 e. The predicted octanol–water partition coefficient (Wildman–Crippen LogP) is -2.61. The summed E-state index contributed by atoms with van der Waals surface area (Å²) >= 11 is 0. The number of carbonyl (C=O) groups is 5. The lowest BCUT2D eigenvalue weighted by molar-refractivity contribution is -0.147. The molecule has 12 heteroatoms. The first-order chi connectivity index (χ1) is 12.9. The molecule has 12 nitrogen and oxygen atoms in total. The molecule has 8 N–H and O–H groups in total. The van der Waals surface area contributed by atoms with Crippen LogP contribution < -0.4 is 21.7 Å². The maximum atomic E-state index is 12.4. The van der Waals surface area contributed by atoms with E-state index in [1.807, 2.05) is 0 Å². The Hall–Kier alpha value is -2.73. The third-order valence-corrected chi connectivity index (χ3v) is 3.60. The Balaban J connectivity index is 5.35. The summed E-state index contributed by atoms with van der Waals surface area (Å²) in [4.78, 5) is 58.2. The first-order valence-corrected chi connectivity index (χ1v) is 8.61. The van der Waals surface area contributed by atoms with Gasteiger partial charge in [0.1, 0.15) is 18.1 Å². The molecule has 0 rings (SSSR count). The average Bonchev–Trinajstić information content (AvgIpc) is 2.56. The molecule has 0 saturated heterocycles. The molecule has 0 fully saturated rings. The Bertz CT molecular complexity index is 593. The van der Waals surface area contributed by atoms with Gasteiger partial charge in [-0.15, -0.1) is 0 Å². The number of aliphatic carboxylic acids is 2. The molecular formula is C16H28N4O8. The summed E-state index contributed by atoms with van der Waals surface area (Å²) in [7, 11) is 0. The topological polar surface area (TPSA) is 208 Å². The van der Waals surface area contributed by atoms with Crippen molar-refractivity contribution in [3.8, 4) is 0 Å². The predicted molar refractivity (Wildman–Crippen MR) is 95.9 cm³/mol. The van der Waals surface area contributed by atoms with Crippen LogP contribution in [0.5, 0.6) is 0 Å². The van der Waals surface area contributed by atoms with Gasteiger partial charge in [0.05, 0.1) is 19.1 Å². The van der Waals surface area contributed by atoms with Gasteiger partial charge in [-0.1, -0.05) is 13.8 Å². The molecule has 3 amide bonds. The lowest BCUT2D eigenvalue weighted by Crippen LogP contribution is -2.59. The van der Waals surface area contributed by atoms with Gasteiger partial charge in [-0.3, -0.25) is 19.2 Å². The number of carboxylic acids is 2. The van der Waals surface area contributed by atoms with Gasteiger partial charge in [-0.25, -0.2) is 4.79 Å². The lowest BCUT2D eigenvalue weighted by atomic mass is 10.0. The fourth-order valence-electron chi connectivity index (χ4n) is 2.25. The Kier molecular flexibility index (Phi) is 10.7. The van der Waals surface area contributed by atoms with E-state index in [-0.39, 0.29) is 12.3 Å². The first kappa shape index (κ1) is 25.3. The quantitative estimate of drug-likeness (QED) is 0.181. The zero-order valence-corrected chi connectivity index (χ0v) is 16.0. The maximum absolute atomic E-state index is 12.4. The van der Waals surface area contributed by atoms with Crippen LogP contribution >= 0.6 is 0 Å². The van der Waals surface area contributed by atoms with Crippen molar-refractivity contribution < 1.29 is 39.3 Å². The Labute approximate surface area is 161 Å². The third-order valence-electron chi connectivity index (χ3n) is 3.60. The highest BCUT2D eigenvalue weighted by Crippen LogP contribution is 2.07. The number of carbonyl (C=O) groups excluding carboxylic acids is 3. The van der Waals surface area contributed by atoms with Crippen LogP contribution in [0.4, 0.5) is 0 Å². The number of nitrogens with one attached hydrogen (secondary N) is 3. The molecule has 0 aromatic rings. The summed E-state index contributed by atoms with van der Waals surface area (Å²) in [6.45, 7) is 4.34. The van der Waals surface area contributed by atoms with Gasteiger partial charge in [0.15, 0.2) is 0 Å². The molecule has 0 aliphatic rings.